The molecule has 4 nitrogen and oxygen atoms in total. The first kappa shape index (κ1) is 15.4. The van der Waals surface area contributed by atoms with Crippen LogP contribution in [-0.2, 0) is 10.3 Å². The van der Waals surface area contributed by atoms with Gasteiger partial charge in [0.15, 0.2) is 0 Å². The van der Waals surface area contributed by atoms with Crippen LogP contribution in [0.3, 0.4) is 0 Å². The molecule has 4 saturated heterocycles. The van der Waals surface area contributed by atoms with Gasteiger partial charge in [-0.25, -0.2) is 0 Å². The lowest BCUT2D eigenvalue weighted by Gasteiger charge is -2.51. The van der Waals surface area contributed by atoms with Crippen molar-refractivity contribution < 1.29 is 9.47 Å². The Morgan fingerprint density at radius 3 is 2.96 bits per heavy atom. The summed E-state index contributed by atoms with van der Waals surface area (Å²) >= 11 is 0. The molecule has 4 aliphatic rings. The van der Waals surface area contributed by atoms with E-state index in [0.29, 0.717) is 12.0 Å². The van der Waals surface area contributed by atoms with E-state index in [1.54, 1.807) is 7.11 Å². The van der Waals surface area contributed by atoms with Crippen molar-refractivity contribution in [2.24, 2.45) is 11.8 Å². The average molecular weight is 336 g/mol. The summed E-state index contributed by atoms with van der Waals surface area (Å²) in [7, 11) is 1.71. The fraction of sp³-hybridized carbons (Fsp3) is 0.476. The fourth-order valence-electron chi connectivity index (χ4n) is 5.05. The Hall–Kier alpha value is -1.91. The van der Waals surface area contributed by atoms with Crippen molar-refractivity contribution >= 4 is 10.9 Å². The largest absolute Gasteiger partial charge is 0.497 e. The smallest absolute Gasteiger partial charge is 0.133 e. The number of fused-ring (bicyclic) bond motifs is 4. The Kier molecular flexibility index (Phi) is 3.41. The van der Waals surface area contributed by atoms with Crippen molar-refractivity contribution in [2.75, 3.05) is 26.8 Å². The molecule has 0 saturated carbocycles. The van der Waals surface area contributed by atoms with Gasteiger partial charge in [-0.3, -0.25) is 9.88 Å². The maximum Gasteiger partial charge on any atom is 0.133 e. The lowest BCUT2D eigenvalue weighted by Crippen LogP contribution is -2.57. The fourth-order valence-corrected chi connectivity index (χ4v) is 5.05. The monoisotopic (exact) mass is 336 g/mol. The van der Waals surface area contributed by atoms with Crippen molar-refractivity contribution in [3.05, 3.63) is 48.7 Å². The Morgan fingerprint density at radius 2 is 2.28 bits per heavy atom. The Bertz CT molecular complexity index is 830. The number of nitrogens with zero attached hydrogens (tertiary/aromatic N) is 2. The number of ether oxygens (including phenoxy) is 2. The van der Waals surface area contributed by atoms with Crippen molar-refractivity contribution in [1.29, 1.82) is 0 Å². The summed E-state index contributed by atoms with van der Waals surface area (Å²) in [6.45, 7) is 7.14. The summed E-state index contributed by atoms with van der Waals surface area (Å²) < 4.78 is 11.6. The SMILES string of the molecule is C=CC1CN2CCC1CC2C1(c2ccnc3ccc(OC)cc23)CO1. The van der Waals surface area contributed by atoms with Gasteiger partial charge in [-0.1, -0.05) is 6.08 Å². The second kappa shape index (κ2) is 5.55. The number of rotatable bonds is 4. The topological polar surface area (TPSA) is 37.9 Å². The normalized spacial score (nSPS) is 36.4. The van der Waals surface area contributed by atoms with Crippen molar-refractivity contribution in [3.63, 3.8) is 0 Å². The number of aromatic nitrogens is 1. The standard InChI is InChI=1S/C21H24N2O2/c1-3-14-12-23-9-7-15(14)10-20(23)21(13-25-21)18-6-8-22-19-5-4-16(24-2)11-17(18)19/h3-6,8,11,14-15,20H,1,7,9-10,12-13H2,2H3. The molecule has 5 heterocycles. The molecule has 0 aliphatic carbocycles. The van der Waals surface area contributed by atoms with Crippen molar-refractivity contribution in [1.82, 2.24) is 9.88 Å². The first-order chi connectivity index (χ1) is 12.2. The van der Waals surface area contributed by atoms with Gasteiger partial charge in [0.05, 0.1) is 19.2 Å². The average Bonchev–Trinajstić information content (AvgIpc) is 3.49. The van der Waals surface area contributed by atoms with E-state index >= 15 is 0 Å². The molecule has 1 aromatic carbocycles. The highest BCUT2D eigenvalue weighted by Gasteiger charge is 2.59. The number of pyridine rings is 1. The van der Waals surface area contributed by atoms with E-state index in [4.69, 9.17) is 9.47 Å². The molecule has 25 heavy (non-hydrogen) atoms. The summed E-state index contributed by atoms with van der Waals surface area (Å²) in [6, 6.07) is 8.71. The molecule has 1 aromatic heterocycles. The highest BCUT2D eigenvalue weighted by molar-refractivity contribution is 5.85. The van der Waals surface area contributed by atoms with Crippen LogP contribution in [-0.4, -0.2) is 42.7 Å². The van der Waals surface area contributed by atoms with Crippen LogP contribution in [0.25, 0.3) is 10.9 Å². The van der Waals surface area contributed by atoms with E-state index in [1.807, 2.05) is 18.3 Å². The zero-order valence-electron chi connectivity index (χ0n) is 14.6. The van der Waals surface area contributed by atoms with Gasteiger partial charge < -0.3 is 9.47 Å². The second-order valence-corrected chi connectivity index (χ2v) is 7.61. The van der Waals surface area contributed by atoms with Crippen LogP contribution in [0, 0.1) is 11.8 Å². The van der Waals surface area contributed by atoms with Crippen LogP contribution in [0.2, 0.25) is 0 Å². The molecule has 2 bridgehead atoms. The van der Waals surface area contributed by atoms with Gasteiger partial charge in [0.25, 0.3) is 0 Å². The maximum atomic E-state index is 6.19. The minimum Gasteiger partial charge on any atom is -0.497 e. The van der Waals surface area contributed by atoms with Crippen LogP contribution in [0.1, 0.15) is 18.4 Å². The first-order valence-corrected chi connectivity index (χ1v) is 9.19. The maximum absolute atomic E-state index is 6.19. The molecule has 0 radical (unpaired) electrons. The van der Waals surface area contributed by atoms with E-state index in [2.05, 4.69) is 34.7 Å². The molecule has 0 spiro atoms. The Morgan fingerprint density at radius 1 is 1.40 bits per heavy atom. The van der Waals surface area contributed by atoms with Gasteiger partial charge in [0, 0.05) is 24.2 Å². The van der Waals surface area contributed by atoms with E-state index in [1.165, 1.54) is 24.9 Å². The third-order valence-electron chi connectivity index (χ3n) is 6.51. The number of hydrogen-bond donors (Lipinski definition) is 0. The molecule has 2 aromatic rings. The molecule has 0 amide bonds. The number of hydrogen-bond acceptors (Lipinski definition) is 4. The number of methoxy groups -OCH3 is 1. The van der Waals surface area contributed by atoms with Crippen molar-refractivity contribution in [2.45, 2.75) is 24.5 Å². The van der Waals surface area contributed by atoms with Gasteiger partial charge in [0.1, 0.15) is 11.4 Å². The molecule has 4 aliphatic heterocycles. The zero-order chi connectivity index (χ0) is 17.0. The highest BCUT2D eigenvalue weighted by Crippen LogP contribution is 2.52. The first-order valence-electron chi connectivity index (χ1n) is 9.19. The molecule has 4 fully saturated rings. The lowest BCUT2D eigenvalue weighted by molar-refractivity contribution is -0.0205. The molecular formula is C21H24N2O2. The molecule has 5 atom stereocenters. The zero-order valence-corrected chi connectivity index (χ0v) is 14.6. The van der Waals surface area contributed by atoms with E-state index in [9.17, 15) is 0 Å². The van der Waals surface area contributed by atoms with Crippen LogP contribution >= 0.6 is 0 Å². The number of epoxide rings is 1. The summed E-state index contributed by atoms with van der Waals surface area (Å²) in [4.78, 5) is 7.17. The molecular weight excluding hydrogens is 312 g/mol. The quantitative estimate of drug-likeness (QED) is 0.634. The van der Waals surface area contributed by atoms with E-state index in [-0.39, 0.29) is 5.60 Å². The summed E-state index contributed by atoms with van der Waals surface area (Å²) in [5.74, 6) is 2.25. The molecule has 6 rings (SSSR count). The predicted molar refractivity (Wildman–Crippen MR) is 97.7 cm³/mol. The van der Waals surface area contributed by atoms with Crippen LogP contribution in [0.4, 0.5) is 0 Å². The molecule has 130 valence electrons. The lowest BCUT2D eigenvalue weighted by atomic mass is 9.71. The predicted octanol–water partition coefficient (Wildman–Crippen LogP) is 3.37. The summed E-state index contributed by atoms with van der Waals surface area (Å²) in [6.07, 6.45) is 6.55. The van der Waals surface area contributed by atoms with E-state index < -0.39 is 0 Å². The summed E-state index contributed by atoms with van der Waals surface area (Å²) in [5, 5.41) is 1.15. The summed E-state index contributed by atoms with van der Waals surface area (Å²) in [5.41, 5.74) is 2.09. The van der Waals surface area contributed by atoms with Crippen LogP contribution < -0.4 is 4.74 Å². The molecule has 4 heteroatoms. The van der Waals surface area contributed by atoms with Gasteiger partial charge in [-0.05, 0) is 61.1 Å². The van der Waals surface area contributed by atoms with Gasteiger partial charge in [-0.2, -0.15) is 0 Å². The van der Waals surface area contributed by atoms with Crippen LogP contribution in [0.5, 0.6) is 5.75 Å². The second-order valence-electron chi connectivity index (χ2n) is 7.61. The van der Waals surface area contributed by atoms with Gasteiger partial charge in [0.2, 0.25) is 0 Å². The Labute approximate surface area is 148 Å². The Balaban J connectivity index is 1.57. The number of benzene rings is 1. The van der Waals surface area contributed by atoms with Crippen molar-refractivity contribution in [3.8, 4) is 5.75 Å². The van der Waals surface area contributed by atoms with Gasteiger partial charge in [-0.15, -0.1) is 6.58 Å². The van der Waals surface area contributed by atoms with E-state index in [0.717, 1.165) is 35.7 Å². The number of piperidine rings is 3. The van der Waals surface area contributed by atoms with Gasteiger partial charge >= 0.3 is 0 Å². The molecule has 0 N–H and O–H groups in total. The third kappa shape index (κ3) is 2.24. The third-order valence-corrected chi connectivity index (χ3v) is 6.51. The van der Waals surface area contributed by atoms with Crippen LogP contribution in [0.15, 0.2) is 43.1 Å². The molecule has 5 unspecified atom stereocenters. The minimum absolute atomic E-state index is 0.182. The highest BCUT2D eigenvalue weighted by atomic mass is 16.6. The minimum atomic E-state index is -0.182.